The Morgan fingerprint density at radius 1 is 1.04 bits per heavy atom. The van der Waals surface area contributed by atoms with Crippen LogP contribution >= 0.6 is 0 Å². The van der Waals surface area contributed by atoms with Gasteiger partial charge in [0.25, 0.3) is 5.91 Å². The van der Waals surface area contributed by atoms with Crippen molar-refractivity contribution >= 4 is 11.7 Å². The molecule has 0 bridgehead atoms. The van der Waals surface area contributed by atoms with E-state index in [2.05, 4.69) is 20.8 Å². The molecule has 1 heterocycles. The fourth-order valence-electron chi connectivity index (χ4n) is 3.37. The summed E-state index contributed by atoms with van der Waals surface area (Å²) in [5.74, 6) is 1.38. The van der Waals surface area contributed by atoms with Crippen LogP contribution in [0, 0.1) is 0 Å². The van der Waals surface area contributed by atoms with E-state index in [1.807, 2.05) is 30.3 Å². The monoisotopic (exact) mass is 368 g/mol. The summed E-state index contributed by atoms with van der Waals surface area (Å²) in [6.07, 6.45) is 8.27. The first kappa shape index (κ1) is 19.1. The summed E-state index contributed by atoms with van der Waals surface area (Å²) in [7, 11) is 1.65. The second kappa shape index (κ2) is 9.90. The van der Waals surface area contributed by atoms with Gasteiger partial charge in [0.1, 0.15) is 11.6 Å². The highest BCUT2D eigenvalue weighted by Crippen LogP contribution is 2.20. The maximum absolute atomic E-state index is 12.2. The molecule has 2 N–H and O–H groups in total. The molecular weight excluding hydrogens is 340 g/mol. The Morgan fingerprint density at radius 3 is 2.41 bits per heavy atom. The van der Waals surface area contributed by atoms with Gasteiger partial charge in [0.2, 0.25) is 0 Å². The van der Waals surface area contributed by atoms with Crippen LogP contribution in [0.3, 0.4) is 0 Å². The van der Waals surface area contributed by atoms with E-state index in [1.54, 1.807) is 13.2 Å². The Kier molecular flexibility index (Phi) is 7.02. The molecule has 27 heavy (non-hydrogen) atoms. The van der Waals surface area contributed by atoms with Crippen LogP contribution in [0.1, 0.15) is 54.6 Å². The number of hydrogen-bond acceptors (Lipinski definition) is 5. The molecule has 1 aliphatic rings. The van der Waals surface area contributed by atoms with E-state index >= 15 is 0 Å². The minimum atomic E-state index is -0.197. The van der Waals surface area contributed by atoms with E-state index < -0.39 is 0 Å². The molecule has 0 atom stereocenters. The molecule has 2 aromatic rings. The predicted molar refractivity (Wildman–Crippen MR) is 106 cm³/mol. The van der Waals surface area contributed by atoms with Gasteiger partial charge in [-0.2, -0.15) is 0 Å². The molecule has 1 aromatic heterocycles. The van der Waals surface area contributed by atoms with Crippen LogP contribution in [0.2, 0.25) is 0 Å². The van der Waals surface area contributed by atoms with Gasteiger partial charge in [-0.15, -0.1) is 10.2 Å². The van der Waals surface area contributed by atoms with E-state index in [0.717, 1.165) is 23.6 Å². The Balaban J connectivity index is 1.45. The first-order valence-electron chi connectivity index (χ1n) is 9.76. The minimum Gasteiger partial charge on any atom is -0.497 e. The van der Waals surface area contributed by atoms with Gasteiger partial charge in [0.15, 0.2) is 5.69 Å². The van der Waals surface area contributed by atoms with Gasteiger partial charge < -0.3 is 15.4 Å². The fraction of sp³-hybridized carbons (Fsp3) is 0.476. The number of aromatic nitrogens is 2. The zero-order valence-corrected chi connectivity index (χ0v) is 15.9. The molecule has 3 rings (SSSR count). The number of amides is 1. The van der Waals surface area contributed by atoms with Crippen molar-refractivity contribution in [3.63, 3.8) is 0 Å². The largest absolute Gasteiger partial charge is 0.497 e. The summed E-state index contributed by atoms with van der Waals surface area (Å²) in [5, 5.41) is 14.6. The summed E-state index contributed by atoms with van der Waals surface area (Å²) in [6.45, 7) is 0.551. The molecule has 144 valence electrons. The van der Waals surface area contributed by atoms with Crippen molar-refractivity contribution in [3.8, 4) is 5.75 Å². The first-order valence-corrected chi connectivity index (χ1v) is 9.76. The number of nitrogens with one attached hydrogen (secondary N) is 2. The highest BCUT2D eigenvalue weighted by Gasteiger charge is 2.13. The van der Waals surface area contributed by atoms with Crippen molar-refractivity contribution in [2.75, 3.05) is 19.0 Å². The highest BCUT2D eigenvalue weighted by atomic mass is 16.5. The summed E-state index contributed by atoms with van der Waals surface area (Å²) >= 11 is 0. The summed E-state index contributed by atoms with van der Waals surface area (Å²) in [6, 6.07) is 11.9. The quantitative estimate of drug-likeness (QED) is 0.731. The topological polar surface area (TPSA) is 76.1 Å². The second-order valence-corrected chi connectivity index (χ2v) is 6.99. The summed E-state index contributed by atoms with van der Waals surface area (Å²) in [4.78, 5) is 12.2. The molecule has 1 saturated carbocycles. The molecule has 1 aromatic carbocycles. The number of methoxy groups -OCH3 is 1. The number of nitrogens with zero attached hydrogens (tertiary/aromatic N) is 2. The van der Waals surface area contributed by atoms with E-state index in [1.165, 1.54) is 38.5 Å². The third-order valence-electron chi connectivity index (χ3n) is 4.96. The zero-order valence-electron chi connectivity index (χ0n) is 15.9. The minimum absolute atomic E-state index is 0.197. The average molecular weight is 368 g/mol. The normalized spacial score (nSPS) is 15.0. The van der Waals surface area contributed by atoms with Gasteiger partial charge >= 0.3 is 0 Å². The van der Waals surface area contributed by atoms with Gasteiger partial charge in [-0.1, -0.05) is 37.8 Å². The Morgan fingerprint density at radius 2 is 1.78 bits per heavy atom. The molecule has 0 unspecified atom stereocenters. The zero-order chi connectivity index (χ0) is 18.9. The summed E-state index contributed by atoms with van der Waals surface area (Å²) < 4.78 is 5.14. The van der Waals surface area contributed by atoms with Crippen molar-refractivity contribution < 1.29 is 9.53 Å². The molecule has 6 nitrogen and oxygen atoms in total. The summed E-state index contributed by atoms with van der Waals surface area (Å²) in [5.41, 5.74) is 1.49. The third kappa shape index (κ3) is 5.94. The van der Waals surface area contributed by atoms with Gasteiger partial charge in [0, 0.05) is 12.6 Å². The molecule has 0 radical (unpaired) electrons. The lowest BCUT2D eigenvalue weighted by molar-refractivity contribution is 0.0948. The molecule has 1 amide bonds. The standard InChI is InChI=1S/C21H28N4O2/c1-27-18-10-8-16(9-11-18)14-15-22-21(26)19-12-13-20(25-24-19)23-17-6-4-2-3-5-7-17/h8-13,17H,2-7,14-15H2,1H3,(H,22,26)(H,23,25). The highest BCUT2D eigenvalue weighted by molar-refractivity contribution is 5.92. The average Bonchev–Trinajstić information content (AvgIpc) is 2.98. The number of benzene rings is 1. The molecule has 0 spiro atoms. The fourth-order valence-corrected chi connectivity index (χ4v) is 3.37. The molecule has 1 fully saturated rings. The van der Waals surface area contributed by atoms with Crippen LogP contribution in [-0.4, -0.2) is 35.8 Å². The SMILES string of the molecule is COc1ccc(CCNC(=O)c2ccc(NC3CCCCCC3)nn2)cc1. The Hall–Kier alpha value is -2.63. The molecule has 0 saturated heterocycles. The third-order valence-corrected chi connectivity index (χ3v) is 4.96. The first-order chi connectivity index (χ1) is 13.2. The van der Waals surface area contributed by atoms with Crippen molar-refractivity contribution in [1.29, 1.82) is 0 Å². The Bertz CT molecular complexity index is 708. The molecular formula is C21H28N4O2. The molecule has 6 heteroatoms. The van der Waals surface area contributed by atoms with E-state index in [4.69, 9.17) is 4.74 Å². The van der Waals surface area contributed by atoms with Gasteiger partial charge in [0.05, 0.1) is 7.11 Å². The Labute approximate surface area is 160 Å². The van der Waals surface area contributed by atoms with E-state index in [9.17, 15) is 4.79 Å². The van der Waals surface area contributed by atoms with Crippen molar-refractivity contribution in [2.24, 2.45) is 0 Å². The van der Waals surface area contributed by atoms with Gasteiger partial charge in [-0.3, -0.25) is 4.79 Å². The maximum Gasteiger partial charge on any atom is 0.271 e. The lowest BCUT2D eigenvalue weighted by Gasteiger charge is -2.16. The number of carbonyl (C=O) groups excluding carboxylic acids is 1. The second-order valence-electron chi connectivity index (χ2n) is 6.99. The molecule has 0 aliphatic heterocycles. The lowest BCUT2D eigenvalue weighted by Crippen LogP contribution is -2.27. The maximum atomic E-state index is 12.2. The predicted octanol–water partition coefficient (Wildman–Crippen LogP) is 3.59. The number of rotatable bonds is 7. The number of carbonyl (C=O) groups is 1. The van der Waals surface area contributed by atoms with E-state index in [0.29, 0.717) is 18.3 Å². The van der Waals surface area contributed by atoms with Crippen LogP contribution < -0.4 is 15.4 Å². The van der Waals surface area contributed by atoms with Crippen LogP contribution in [-0.2, 0) is 6.42 Å². The molecule has 1 aliphatic carbocycles. The van der Waals surface area contributed by atoms with Crippen molar-refractivity contribution in [2.45, 2.75) is 51.0 Å². The number of ether oxygens (including phenoxy) is 1. The van der Waals surface area contributed by atoms with Crippen LogP contribution in [0.15, 0.2) is 36.4 Å². The number of anilines is 1. The lowest BCUT2D eigenvalue weighted by atomic mass is 10.1. The number of hydrogen-bond donors (Lipinski definition) is 2. The van der Waals surface area contributed by atoms with Crippen LogP contribution in [0.25, 0.3) is 0 Å². The van der Waals surface area contributed by atoms with Crippen LogP contribution in [0.5, 0.6) is 5.75 Å². The van der Waals surface area contributed by atoms with Gasteiger partial charge in [-0.25, -0.2) is 0 Å². The van der Waals surface area contributed by atoms with Crippen molar-refractivity contribution in [3.05, 3.63) is 47.7 Å². The van der Waals surface area contributed by atoms with Crippen LogP contribution in [0.4, 0.5) is 5.82 Å². The van der Waals surface area contributed by atoms with Gasteiger partial charge in [-0.05, 0) is 49.1 Å². The van der Waals surface area contributed by atoms with E-state index in [-0.39, 0.29) is 5.91 Å². The smallest absolute Gasteiger partial charge is 0.271 e. The van der Waals surface area contributed by atoms with Crippen molar-refractivity contribution in [1.82, 2.24) is 15.5 Å².